The van der Waals surface area contributed by atoms with Crippen molar-refractivity contribution in [3.05, 3.63) is 33.6 Å². The van der Waals surface area contributed by atoms with Crippen LogP contribution in [0.25, 0.3) is 0 Å². The van der Waals surface area contributed by atoms with Gasteiger partial charge in [0, 0.05) is 23.9 Å². The second-order valence-electron chi connectivity index (χ2n) is 6.40. The quantitative estimate of drug-likeness (QED) is 0.852. The summed E-state index contributed by atoms with van der Waals surface area (Å²) in [5, 5.41) is 5.63. The average Bonchev–Trinajstić information content (AvgIpc) is 2.96. The highest BCUT2D eigenvalue weighted by Gasteiger charge is 2.35. The lowest BCUT2D eigenvalue weighted by Crippen LogP contribution is -2.27. The van der Waals surface area contributed by atoms with Gasteiger partial charge in [-0.2, -0.15) is 0 Å². The minimum Gasteiger partial charge on any atom is -0.493 e. The van der Waals surface area contributed by atoms with Gasteiger partial charge in [0.2, 0.25) is 11.7 Å². The Morgan fingerprint density at radius 2 is 1.77 bits per heavy atom. The smallest absolute Gasteiger partial charge is 0.270 e. The van der Waals surface area contributed by atoms with Crippen LogP contribution in [0.2, 0.25) is 0 Å². The third kappa shape index (κ3) is 2.71. The molecule has 1 amide bonds. The van der Waals surface area contributed by atoms with E-state index in [0.29, 0.717) is 34.2 Å². The number of H-pyrrole nitrogens is 1. The summed E-state index contributed by atoms with van der Waals surface area (Å²) in [6.45, 7) is 3.87. The maximum Gasteiger partial charge on any atom is 0.270 e. The van der Waals surface area contributed by atoms with Crippen LogP contribution < -0.4 is 25.1 Å². The van der Waals surface area contributed by atoms with Gasteiger partial charge in [-0.3, -0.25) is 19.4 Å². The molecule has 26 heavy (non-hydrogen) atoms. The number of methoxy groups -OCH3 is 3. The number of nitrogens with one attached hydrogen (secondary N) is 2. The Kier molecular flexibility index (Phi) is 4.67. The molecule has 0 aliphatic carbocycles. The van der Waals surface area contributed by atoms with E-state index in [1.165, 1.54) is 21.3 Å². The van der Waals surface area contributed by atoms with Crippen LogP contribution in [0.3, 0.4) is 0 Å². The molecular formula is C18H23N3O5. The third-order valence-electron chi connectivity index (χ3n) is 4.58. The Labute approximate surface area is 151 Å². The minimum atomic E-state index is -0.447. The molecule has 1 aliphatic rings. The first-order valence-electron chi connectivity index (χ1n) is 8.36. The first kappa shape index (κ1) is 17.9. The largest absolute Gasteiger partial charge is 0.493 e. The number of rotatable bonds is 5. The number of hydrogen-bond donors (Lipinski definition) is 2. The van der Waals surface area contributed by atoms with E-state index < -0.39 is 5.92 Å². The second-order valence-corrected chi connectivity index (χ2v) is 6.40. The molecule has 2 heterocycles. The number of carbonyl (C=O) groups is 1. The zero-order valence-electron chi connectivity index (χ0n) is 15.5. The molecule has 1 atom stereocenters. The van der Waals surface area contributed by atoms with Crippen molar-refractivity contribution >= 4 is 11.7 Å². The van der Waals surface area contributed by atoms with Gasteiger partial charge < -0.3 is 19.5 Å². The van der Waals surface area contributed by atoms with Crippen LogP contribution in [-0.2, 0) is 4.79 Å². The fourth-order valence-corrected chi connectivity index (χ4v) is 3.44. The molecule has 0 saturated heterocycles. The predicted octanol–water partition coefficient (Wildman–Crippen LogP) is 2.26. The molecule has 1 aliphatic heterocycles. The third-order valence-corrected chi connectivity index (χ3v) is 4.58. The normalized spacial score (nSPS) is 16.2. The number of ether oxygens (including phenoxy) is 3. The standard InChI is InChI=1S/C18H23N3O5/c1-9(2)21-17-14(18(23)20-21)11(8-13(22)19-17)10-6-7-12(24-3)16(26-5)15(10)25-4/h6-7,9,11H,8H2,1-5H3,(H,19,22)(H,20,23)/t11-/m0/s1. The highest BCUT2D eigenvalue weighted by molar-refractivity contribution is 5.94. The van der Waals surface area contributed by atoms with Crippen LogP contribution in [0.5, 0.6) is 17.2 Å². The first-order valence-corrected chi connectivity index (χ1v) is 8.36. The Balaban J connectivity index is 2.24. The Morgan fingerprint density at radius 1 is 1.08 bits per heavy atom. The van der Waals surface area contributed by atoms with Gasteiger partial charge in [-0.1, -0.05) is 6.07 Å². The van der Waals surface area contributed by atoms with Gasteiger partial charge in [0.25, 0.3) is 5.56 Å². The molecule has 0 spiro atoms. The van der Waals surface area contributed by atoms with Crippen LogP contribution in [-0.4, -0.2) is 37.0 Å². The number of amides is 1. The van der Waals surface area contributed by atoms with Crippen molar-refractivity contribution in [2.24, 2.45) is 0 Å². The maximum atomic E-state index is 12.6. The fraction of sp³-hybridized carbons (Fsp3) is 0.444. The van der Waals surface area contributed by atoms with E-state index in [-0.39, 0.29) is 23.9 Å². The van der Waals surface area contributed by atoms with Crippen molar-refractivity contribution in [1.29, 1.82) is 0 Å². The number of aromatic amines is 1. The molecule has 8 heteroatoms. The van der Waals surface area contributed by atoms with Crippen molar-refractivity contribution in [3.63, 3.8) is 0 Å². The number of anilines is 1. The van der Waals surface area contributed by atoms with E-state index in [9.17, 15) is 9.59 Å². The van der Waals surface area contributed by atoms with Gasteiger partial charge in [0.15, 0.2) is 11.5 Å². The van der Waals surface area contributed by atoms with E-state index in [1.54, 1.807) is 16.8 Å². The van der Waals surface area contributed by atoms with E-state index in [1.807, 2.05) is 13.8 Å². The predicted molar refractivity (Wildman–Crippen MR) is 96.6 cm³/mol. The molecule has 2 aromatic rings. The monoisotopic (exact) mass is 361 g/mol. The summed E-state index contributed by atoms with van der Waals surface area (Å²) in [4.78, 5) is 25.0. The van der Waals surface area contributed by atoms with Crippen LogP contribution >= 0.6 is 0 Å². The SMILES string of the molecule is COc1ccc([C@@H]2CC(=O)Nc3c2c(=O)[nH]n3C(C)C)c(OC)c1OC. The summed E-state index contributed by atoms with van der Waals surface area (Å²) in [5.74, 6) is 1.30. The zero-order chi connectivity index (χ0) is 19.0. The van der Waals surface area contributed by atoms with Crippen LogP contribution in [0.1, 0.15) is 43.4 Å². The summed E-state index contributed by atoms with van der Waals surface area (Å²) in [6, 6.07) is 3.55. The summed E-state index contributed by atoms with van der Waals surface area (Å²) in [5.41, 5.74) is 0.993. The molecule has 140 valence electrons. The second kappa shape index (κ2) is 6.78. The number of aromatic nitrogens is 2. The van der Waals surface area contributed by atoms with E-state index >= 15 is 0 Å². The Morgan fingerprint density at radius 3 is 2.35 bits per heavy atom. The lowest BCUT2D eigenvalue weighted by Gasteiger charge is -2.26. The van der Waals surface area contributed by atoms with Crippen molar-refractivity contribution < 1.29 is 19.0 Å². The lowest BCUT2D eigenvalue weighted by atomic mass is 9.86. The molecule has 0 radical (unpaired) electrons. The van der Waals surface area contributed by atoms with Crippen LogP contribution in [0, 0.1) is 0 Å². The zero-order valence-corrected chi connectivity index (χ0v) is 15.5. The summed E-state index contributed by atoms with van der Waals surface area (Å²) in [7, 11) is 4.58. The highest BCUT2D eigenvalue weighted by Crippen LogP contribution is 2.46. The van der Waals surface area contributed by atoms with E-state index in [4.69, 9.17) is 14.2 Å². The number of hydrogen-bond acceptors (Lipinski definition) is 5. The van der Waals surface area contributed by atoms with Crippen LogP contribution in [0.4, 0.5) is 5.82 Å². The summed E-state index contributed by atoms with van der Waals surface area (Å²) in [6.07, 6.45) is 0.143. The molecule has 2 N–H and O–H groups in total. The minimum absolute atomic E-state index is 0.00204. The average molecular weight is 361 g/mol. The molecule has 0 unspecified atom stereocenters. The summed E-state index contributed by atoms with van der Waals surface area (Å²) < 4.78 is 18.0. The van der Waals surface area contributed by atoms with E-state index in [2.05, 4.69) is 10.4 Å². The van der Waals surface area contributed by atoms with Gasteiger partial charge >= 0.3 is 0 Å². The molecule has 1 aromatic carbocycles. The maximum absolute atomic E-state index is 12.6. The van der Waals surface area contributed by atoms with Crippen LogP contribution in [0.15, 0.2) is 16.9 Å². The fourth-order valence-electron chi connectivity index (χ4n) is 3.44. The van der Waals surface area contributed by atoms with Crippen molar-refractivity contribution in [2.45, 2.75) is 32.2 Å². The van der Waals surface area contributed by atoms with Crippen molar-refractivity contribution in [2.75, 3.05) is 26.6 Å². The Hall–Kier alpha value is -2.90. The molecule has 0 fully saturated rings. The Bertz CT molecular complexity index is 897. The van der Waals surface area contributed by atoms with Gasteiger partial charge in [-0.15, -0.1) is 0 Å². The molecule has 8 nitrogen and oxygen atoms in total. The van der Waals surface area contributed by atoms with Gasteiger partial charge in [0.05, 0.1) is 26.9 Å². The molecule has 0 bridgehead atoms. The first-order chi connectivity index (χ1) is 12.4. The molecule has 1 aromatic heterocycles. The summed E-state index contributed by atoms with van der Waals surface area (Å²) >= 11 is 0. The topological polar surface area (TPSA) is 94.6 Å². The van der Waals surface area contributed by atoms with Gasteiger partial charge in [0.1, 0.15) is 5.82 Å². The number of benzene rings is 1. The molecule has 0 saturated carbocycles. The van der Waals surface area contributed by atoms with Gasteiger partial charge in [-0.25, -0.2) is 0 Å². The molecule has 3 rings (SSSR count). The lowest BCUT2D eigenvalue weighted by molar-refractivity contribution is -0.116. The molecular weight excluding hydrogens is 338 g/mol. The number of nitrogens with zero attached hydrogens (tertiary/aromatic N) is 1. The van der Waals surface area contributed by atoms with Gasteiger partial charge in [-0.05, 0) is 19.9 Å². The van der Waals surface area contributed by atoms with Crippen molar-refractivity contribution in [1.82, 2.24) is 9.78 Å². The number of carbonyl (C=O) groups excluding carboxylic acids is 1. The van der Waals surface area contributed by atoms with Crippen molar-refractivity contribution in [3.8, 4) is 17.2 Å². The highest BCUT2D eigenvalue weighted by atomic mass is 16.5. The number of fused-ring (bicyclic) bond motifs is 1. The van der Waals surface area contributed by atoms with E-state index in [0.717, 1.165) is 0 Å².